The van der Waals surface area contributed by atoms with Crippen LogP contribution in [0.5, 0.6) is 5.75 Å². The van der Waals surface area contributed by atoms with Crippen molar-refractivity contribution in [1.82, 2.24) is 0 Å². The Morgan fingerprint density at radius 1 is 1.21 bits per heavy atom. The Hall–Kier alpha value is -2.82. The first-order valence-corrected chi connectivity index (χ1v) is 7.83. The zero-order valence-electron chi connectivity index (χ0n) is 13.4. The second kappa shape index (κ2) is 6.35. The molecule has 1 amide bonds. The molecule has 3 rings (SSSR count). The quantitative estimate of drug-likeness (QED) is 0.886. The van der Waals surface area contributed by atoms with Crippen molar-refractivity contribution in [1.29, 1.82) is 0 Å². The maximum atomic E-state index is 12.8. The van der Waals surface area contributed by atoms with Crippen LogP contribution in [-0.4, -0.2) is 23.6 Å². The topological polar surface area (TPSA) is 75.6 Å². The number of ether oxygens (including phenoxy) is 1. The van der Waals surface area contributed by atoms with E-state index in [0.29, 0.717) is 11.4 Å². The standard InChI is InChI=1S/C19H19NO4/c1-19(10-9-13-5-2-3-8-16(13)19)18(23)20-14-6-4-7-15(11-14)24-12-17(21)22/h2-8,11H,9-10,12H2,1H3,(H,20,23)(H,21,22). The molecule has 24 heavy (non-hydrogen) atoms. The summed E-state index contributed by atoms with van der Waals surface area (Å²) < 4.78 is 5.15. The van der Waals surface area contributed by atoms with Crippen molar-refractivity contribution in [3.8, 4) is 5.75 Å². The van der Waals surface area contributed by atoms with Crippen LogP contribution in [0.3, 0.4) is 0 Å². The molecule has 0 aliphatic heterocycles. The number of nitrogens with one attached hydrogen (secondary N) is 1. The number of carboxylic acid groups (broad SMARTS) is 1. The van der Waals surface area contributed by atoms with Crippen LogP contribution in [0.1, 0.15) is 24.5 Å². The third-order valence-corrected chi connectivity index (χ3v) is 4.46. The number of carbonyl (C=O) groups is 2. The van der Waals surface area contributed by atoms with Gasteiger partial charge in [-0.05, 0) is 43.0 Å². The van der Waals surface area contributed by atoms with E-state index < -0.39 is 18.0 Å². The molecule has 0 fully saturated rings. The van der Waals surface area contributed by atoms with E-state index in [9.17, 15) is 9.59 Å². The first kappa shape index (κ1) is 16.1. The highest BCUT2D eigenvalue weighted by molar-refractivity contribution is 5.99. The largest absolute Gasteiger partial charge is 0.482 e. The minimum atomic E-state index is -1.04. The van der Waals surface area contributed by atoms with E-state index in [4.69, 9.17) is 9.84 Å². The Labute approximate surface area is 140 Å². The molecule has 0 spiro atoms. The molecule has 2 N–H and O–H groups in total. The zero-order chi connectivity index (χ0) is 17.2. The Kier molecular flexibility index (Phi) is 4.25. The molecule has 124 valence electrons. The number of amides is 1. The summed E-state index contributed by atoms with van der Waals surface area (Å²) in [6, 6.07) is 14.8. The molecule has 2 aromatic carbocycles. The highest BCUT2D eigenvalue weighted by Gasteiger charge is 2.40. The van der Waals surface area contributed by atoms with Gasteiger partial charge in [0.25, 0.3) is 0 Å². The fourth-order valence-corrected chi connectivity index (χ4v) is 3.11. The number of anilines is 1. The summed E-state index contributed by atoms with van der Waals surface area (Å²) in [5.74, 6) is -0.700. The van der Waals surface area contributed by atoms with Crippen molar-refractivity contribution in [3.05, 3.63) is 59.7 Å². The van der Waals surface area contributed by atoms with Crippen LogP contribution >= 0.6 is 0 Å². The summed E-state index contributed by atoms with van der Waals surface area (Å²) in [6.07, 6.45) is 1.66. The van der Waals surface area contributed by atoms with Crippen molar-refractivity contribution >= 4 is 17.6 Å². The van der Waals surface area contributed by atoms with Crippen molar-refractivity contribution in [2.75, 3.05) is 11.9 Å². The summed E-state index contributed by atoms with van der Waals surface area (Å²) in [5.41, 5.74) is 2.32. The Morgan fingerprint density at radius 3 is 2.79 bits per heavy atom. The summed E-state index contributed by atoms with van der Waals surface area (Å²) in [4.78, 5) is 23.4. The van der Waals surface area contributed by atoms with Gasteiger partial charge in [-0.25, -0.2) is 4.79 Å². The van der Waals surface area contributed by atoms with Gasteiger partial charge in [0, 0.05) is 11.8 Å². The smallest absolute Gasteiger partial charge is 0.341 e. The van der Waals surface area contributed by atoms with Crippen LogP contribution in [0.25, 0.3) is 0 Å². The zero-order valence-corrected chi connectivity index (χ0v) is 13.4. The van der Waals surface area contributed by atoms with Gasteiger partial charge in [0.15, 0.2) is 6.61 Å². The molecular weight excluding hydrogens is 306 g/mol. The second-order valence-electron chi connectivity index (χ2n) is 6.15. The number of hydrogen-bond donors (Lipinski definition) is 2. The maximum Gasteiger partial charge on any atom is 0.341 e. The monoisotopic (exact) mass is 325 g/mol. The molecular formula is C19H19NO4. The molecule has 1 aliphatic rings. The van der Waals surface area contributed by atoms with E-state index in [0.717, 1.165) is 18.4 Å². The van der Waals surface area contributed by atoms with Gasteiger partial charge in [-0.3, -0.25) is 4.79 Å². The molecule has 2 aromatic rings. The minimum absolute atomic E-state index is 0.0668. The van der Waals surface area contributed by atoms with Crippen molar-refractivity contribution in [3.63, 3.8) is 0 Å². The summed E-state index contributed by atoms with van der Waals surface area (Å²) in [6.45, 7) is 1.54. The van der Waals surface area contributed by atoms with Crippen molar-refractivity contribution in [2.45, 2.75) is 25.2 Å². The molecule has 0 heterocycles. The minimum Gasteiger partial charge on any atom is -0.482 e. The number of benzene rings is 2. The van der Waals surface area contributed by atoms with Crippen LogP contribution in [0.2, 0.25) is 0 Å². The fraction of sp³-hybridized carbons (Fsp3) is 0.263. The van der Waals surface area contributed by atoms with Gasteiger partial charge in [0.2, 0.25) is 5.91 Å². The lowest BCUT2D eigenvalue weighted by molar-refractivity contribution is -0.139. The van der Waals surface area contributed by atoms with Crippen LogP contribution in [0.4, 0.5) is 5.69 Å². The summed E-state index contributed by atoms with van der Waals surface area (Å²) in [5, 5.41) is 11.6. The molecule has 0 saturated carbocycles. The van der Waals surface area contributed by atoms with Crippen LogP contribution in [-0.2, 0) is 21.4 Å². The van der Waals surface area contributed by atoms with Crippen molar-refractivity contribution in [2.24, 2.45) is 0 Å². The number of aryl methyl sites for hydroxylation is 1. The van der Waals surface area contributed by atoms with E-state index in [-0.39, 0.29) is 5.91 Å². The van der Waals surface area contributed by atoms with Crippen molar-refractivity contribution < 1.29 is 19.4 Å². The van der Waals surface area contributed by atoms with Crippen LogP contribution in [0.15, 0.2) is 48.5 Å². The molecule has 5 nitrogen and oxygen atoms in total. The normalized spacial score (nSPS) is 18.7. The van der Waals surface area contributed by atoms with Gasteiger partial charge in [-0.2, -0.15) is 0 Å². The number of hydrogen-bond acceptors (Lipinski definition) is 3. The SMILES string of the molecule is CC1(C(=O)Nc2cccc(OCC(=O)O)c2)CCc2ccccc21. The Morgan fingerprint density at radius 2 is 2.00 bits per heavy atom. The first-order chi connectivity index (χ1) is 11.5. The Bertz CT molecular complexity index is 786. The third-order valence-electron chi connectivity index (χ3n) is 4.46. The number of rotatable bonds is 5. The van der Waals surface area contributed by atoms with E-state index in [1.54, 1.807) is 24.3 Å². The molecule has 0 saturated heterocycles. The predicted molar refractivity (Wildman–Crippen MR) is 90.3 cm³/mol. The highest BCUT2D eigenvalue weighted by atomic mass is 16.5. The number of fused-ring (bicyclic) bond motifs is 1. The molecule has 1 aliphatic carbocycles. The van der Waals surface area contributed by atoms with Gasteiger partial charge in [-0.15, -0.1) is 0 Å². The van der Waals surface area contributed by atoms with Gasteiger partial charge in [-0.1, -0.05) is 30.3 Å². The number of aliphatic carboxylic acids is 1. The van der Waals surface area contributed by atoms with E-state index >= 15 is 0 Å². The lowest BCUT2D eigenvalue weighted by Crippen LogP contribution is -2.35. The number of carbonyl (C=O) groups excluding carboxylic acids is 1. The van der Waals surface area contributed by atoms with Gasteiger partial charge < -0.3 is 15.2 Å². The average molecular weight is 325 g/mol. The molecule has 0 aromatic heterocycles. The second-order valence-corrected chi connectivity index (χ2v) is 6.15. The van der Waals surface area contributed by atoms with Crippen LogP contribution < -0.4 is 10.1 Å². The van der Waals surface area contributed by atoms with Gasteiger partial charge >= 0.3 is 5.97 Å². The average Bonchev–Trinajstić information content (AvgIpc) is 2.92. The maximum absolute atomic E-state index is 12.8. The highest BCUT2D eigenvalue weighted by Crippen LogP contribution is 2.39. The van der Waals surface area contributed by atoms with E-state index in [2.05, 4.69) is 11.4 Å². The molecule has 0 bridgehead atoms. The number of carboxylic acids is 1. The van der Waals surface area contributed by atoms with Crippen LogP contribution in [0, 0.1) is 0 Å². The third kappa shape index (κ3) is 3.11. The van der Waals surface area contributed by atoms with E-state index in [1.807, 2.05) is 25.1 Å². The molecule has 1 unspecified atom stereocenters. The summed E-state index contributed by atoms with van der Waals surface area (Å²) >= 11 is 0. The van der Waals surface area contributed by atoms with Gasteiger partial charge in [0.1, 0.15) is 5.75 Å². The lowest BCUT2D eigenvalue weighted by Gasteiger charge is -2.24. The molecule has 0 radical (unpaired) electrons. The predicted octanol–water partition coefficient (Wildman–Crippen LogP) is 2.99. The lowest BCUT2D eigenvalue weighted by atomic mass is 9.83. The van der Waals surface area contributed by atoms with Gasteiger partial charge in [0.05, 0.1) is 5.41 Å². The summed E-state index contributed by atoms with van der Waals surface area (Å²) in [7, 11) is 0. The molecule has 1 atom stereocenters. The molecule has 5 heteroatoms. The first-order valence-electron chi connectivity index (χ1n) is 7.83. The fourth-order valence-electron chi connectivity index (χ4n) is 3.11. The van der Waals surface area contributed by atoms with E-state index in [1.165, 1.54) is 5.56 Å². The Balaban J connectivity index is 1.76.